The predicted molar refractivity (Wildman–Crippen MR) is 98.8 cm³/mol. The van der Waals surface area contributed by atoms with Gasteiger partial charge in [-0.05, 0) is 30.7 Å². The van der Waals surface area contributed by atoms with Crippen molar-refractivity contribution in [2.24, 2.45) is 0 Å². The van der Waals surface area contributed by atoms with Crippen LogP contribution in [-0.2, 0) is 0 Å². The van der Waals surface area contributed by atoms with Crippen LogP contribution in [0.1, 0.15) is 34.5 Å². The second-order valence-corrected chi connectivity index (χ2v) is 6.06. The molecule has 0 bridgehead atoms. The molecule has 134 valence electrons. The van der Waals surface area contributed by atoms with Gasteiger partial charge in [0.05, 0.1) is 17.7 Å². The fraction of sp³-hybridized carbons (Fsp3) is 0.0909. The number of nitriles is 1. The number of hydrogen-bond acceptors (Lipinski definition) is 2. The van der Waals surface area contributed by atoms with E-state index in [0.717, 1.165) is 12.1 Å². The molecule has 1 N–H and O–H groups in total. The van der Waals surface area contributed by atoms with Crippen molar-refractivity contribution in [3.63, 3.8) is 0 Å². The molecule has 0 heterocycles. The van der Waals surface area contributed by atoms with Crippen molar-refractivity contribution in [3.05, 3.63) is 95.1 Å². The molecule has 0 aliphatic heterocycles. The molecule has 3 nitrogen and oxygen atoms in total. The maximum Gasteiger partial charge on any atom is 0.252 e. The molecule has 0 aliphatic rings. The number of benzene rings is 3. The third kappa shape index (κ3) is 3.85. The van der Waals surface area contributed by atoms with Crippen molar-refractivity contribution in [1.82, 2.24) is 5.32 Å². The zero-order valence-corrected chi connectivity index (χ0v) is 14.5. The summed E-state index contributed by atoms with van der Waals surface area (Å²) in [6.07, 6.45) is 0. The van der Waals surface area contributed by atoms with Crippen molar-refractivity contribution in [1.29, 1.82) is 5.26 Å². The van der Waals surface area contributed by atoms with Gasteiger partial charge >= 0.3 is 0 Å². The maximum atomic E-state index is 14.0. The Morgan fingerprint density at radius 3 is 2.37 bits per heavy atom. The van der Waals surface area contributed by atoms with E-state index < -0.39 is 23.6 Å². The summed E-state index contributed by atoms with van der Waals surface area (Å²) in [7, 11) is 0. The third-order valence-corrected chi connectivity index (χ3v) is 4.29. The largest absolute Gasteiger partial charge is 0.345 e. The van der Waals surface area contributed by atoms with E-state index in [4.69, 9.17) is 0 Å². The van der Waals surface area contributed by atoms with Crippen molar-refractivity contribution in [2.75, 3.05) is 0 Å². The maximum absolute atomic E-state index is 14.0. The van der Waals surface area contributed by atoms with Gasteiger partial charge in [-0.3, -0.25) is 4.79 Å². The van der Waals surface area contributed by atoms with Gasteiger partial charge in [0.25, 0.3) is 5.91 Å². The van der Waals surface area contributed by atoms with E-state index in [1.54, 1.807) is 55.5 Å². The minimum absolute atomic E-state index is 0.194. The minimum atomic E-state index is -0.717. The van der Waals surface area contributed by atoms with Gasteiger partial charge in [-0.15, -0.1) is 0 Å². The Morgan fingerprint density at radius 2 is 1.67 bits per heavy atom. The highest BCUT2D eigenvalue weighted by atomic mass is 19.1. The lowest BCUT2D eigenvalue weighted by Crippen LogP contribution is -2.27. The number of amides is 1. The average molecular weight is 362 g/mol. The standard InChI is InChI=1S/C22H16F2N2O/c1-14(17-11-10-16(23)12-21(17)24)26-22(27)20-9-5-4-8-19(20)18-7-3-2-6-15(18)13-25/h2-12,14H,1H3,(H,26,27). The van der Waals surface area contributed by atoms with Crippen LogP contribution in [0.2, 0.25) is 0 Å². The number of carbonyl (C=O) groups excluding carboxylic acids is 1. The molecular weight excluding hydrogens is 346 g/mol. The Balaban J connectivity index is 1.93. The van der Waals surface area contributed by atoms with Gasteiger partial charge in [0.2, 0.25) is 0 Å². The third-order valence-electron chi connectivity index (χ3n) is 4.29. The van der Waals surface area contributed by atoms with E-state index in [1.807, 2.05) is 0 Å². The first-order valence-corrected chi connectivity index (χ1v) is 8.35. The van der Waals surface area contributed by atoms with Crippen LogP contribution < -0.4 is 5.32 Å². The molecule has 5 heteroatoms. The molecule has 1 unspecified atom stereocenters. The number of rotatable bonds is 4. The second-order valence-electron chi connectivity index (χ2n) is 6.06. The summed E-state index contributed by atoms with van der Waals surface area (Å²) in [4.78, 5) is 12.8. The molecule has 27 heavy (non-hydrogen) atoms. The number of halogens is 2. The molecule has 0 saturated heterocycles. The fourth-order valence-corrected chi connectivity index (χ4v) is 2.94. The van der Waals surface area contributed by atoms with Crippen LogP contribution in [0.5, 0.6) is 0 Å². The number of nitrogens with zero attached hydrogens (tertiary/aromatic N) is 1. The quantitative estimate of drug-likeness (QED) is 0.710. The van der Waals surface area contributed by atoms with E-state index in [1.165, 1.54) is 6.07 Å². The highest BCUT2D eigenvalue weighted by molar-refractivity contribution is 6.01. The summed E-state index contributed by atoms with van der Waals surface area (Å²) >= 11 is 0. The van der Waals surface area contributed by atoms with Crippen LogP contribution >= 0.6 is 0 Å². The minimum Gasteiger partial charge on any atom is -0.345 e. The Hall–Kier alpha value is -3.52. The average Bonchev–Trinajstić information content (AvgIpc) is 2.67. The van der Waals surface area contributed by atoms with Gasteiger partial charge < -0.3 is 5.32 Å². The number of nitrogens with one attached hydrogen (secondary N) is 1. The first kappa shape index (κ1) is 18.3. The van der Waals surface area contributed by atoms with Crippen molar-refractivity contribution >= 4 is 5.91 Å². The summed E-state index contributed by atoms with van der Waals surface area (Å²) in [5.74, 6) is -1.80. The molecule has 3 aromatic carbocycles. The molecule has 0 spiro atoms. The summed E-state index contributed by atoms with van der Waals surface area (Å²) in [5, 5.41) is 12.1. The molecule has 3 aromatic rings. The smallest absolute Gasteiger partial charge is 0.252 e. The second kappa shape index (κ2) is 7.79. The van der Waals surface area contributed by atoms with Gasteiger partial charge in [0, 0.05) is 22.8 Å². The fourth-order valence-electron chi connectivity index (χ4n) is 2.94. The first-order chi connectivity index (χ1) is 13.0. The summed E-state index contributed by atoms with van der Waals surface area (Å²) in [5.41, 5.74) is 2.27. The summed E-state index contributed by atoms with van der Waals surface area (Å²) < 4.78 is 27.1. The Bertz CT molecular complexity index is 1040. The zero-order chi connectivity index (χ0) is 19.4. The Kier molecular flexibility index (Phi) is 5.28. The Labute approximate surface area is 155 Å². The van der Waals surface area contributed by atoms with Gasteiger partial charge in [-0.2, -0.15) is 5.26 Å². The lowest BCUT2D eigenvalue weighted by molar-refractivity contribution is 0.0940. The van der Waals surface area contributed by atoms with Crippen LogP contribution in [-0.4, -0.2) is 5.91 Å². The van der Waals surface area contributed by atoms with Crippen molar-refractivity contribution < 1.29 is 13.6 Å². The van der Waals surface area contributed by atoms with Gasteiger partial charge in [0.1, 0.15) is 11.6 Å². The van der Waals surface area contributed by atoms with Crippen molar-refractivity contribution in [2.45, 2.75) is 13.0 Å². The molecular formula is C22H16F2N2O. The van der Waals surface area contributed by atoms with Crippen LogP contribution in [0, 0.1) is 23.0 Å². The van der Waals surface area contributed by atoms with Crippen LogP contribution in [0.15, 0.2) is 66.7 Å². The summed E-state index contributed by atoms with van der Waals surface area (Å²) in [6.45, 7) is 1.63. The van der Waals surface area contributed by atoms with E-state index >= 15 is 0 Å². The summed E-state index contributed by atoms with van der Waals surface area (Å²) in [6, 6.07) is 18.6. The molecule has 0 saturated carbocycles. The van der Waals surface area contributed by atoms with Crippen LogP contribution in [0.3, 0.4) is 0 Å². The van der Waals surface area contributed by atoms with Crippen molar-refractivity contribution in [3.8, 4) is 17.2 Å². The molecule has 0 aromatic heterocycles. The highest BCUT2D eigenvalue weighted by Crippen LogP contribution is 2.27. The predicted octanol–water partition coefficient (Wildman–Crippen LogP) is 4.99. The Morgan fingerprint density at radius 1 is 1.00 bits per heavy atom. The molecule has 1 amide bonds. The lowest BCUT2D eigenvalue weighted by Gasteiger charge is -2.17. The van der Waals surface area contributed by atoms with Gasteiger partial charge in [-0.25, -0.2) is 8.78 Å². The zero-order valence-electron chi connectivity index (χ0n) is 14.5. The van der Waals surface area contributed by atoms with E-state index in [-0.39, 0.29) is 5.56 Å². The molecule has 0 aliphatic carbocycles. The number of hydrogen-bond donors (Lipinski definition) is 1. The van der Waals surface area contributed by atoms with E-state index in [9.17, 15) is 18.8 Å². The topological polar surface area (TPSA) is 52.9 Å². The SMILES string of the molecule is CC(NC(=O)c1ccccc1-c1ccccc1C#N)c1ccc(F)cc1F. The molecule has 1 atom stereocenters. The van der Waals surface area contributed by atoms with E-state index in [2.05, 4.69) is 11.4 Å². The first-order valence-electron chi connectivity index (χ1n) is 8.35. The molecule has 3 rings (SSSR count). The monoisotopic (exact) mass is 362 g/mol. The molecule has 0 fully saturated rings. The van der Waals surface area contributed by atoms with Crippen LogP contribution in [0.4, 0.5) is 8.78 Å². The highest BCUT2D eigenvalue weighted by Gasteiger charge is 2.19. The lowest BCUT2D eigenvalue weighted by atomic mass is 9.95. The van der Waals surface area contributed by atoms with E-state index in [0.29, 0.717) is 22.3 Å². The normalized spacial score (nSPS) is 11.5. The van der Waals surface area contributed by atoms with Gasteiger partial charge in [-0.1, -0.05) is 42.5 Å². The van der Waals surface area contributed by atoms with Crippen LogP contribution in [0.25, 0.3) is 11.1 Å². The van der Waals surface area contributed by atoms with Gasteiger partial charge in [0.15, 0.2) is 0 Å². The molecule has 0 radical (unpaired) electrons. The number of carbonyl (C=O) groups is 1.